The number of aromatic nitrogens is 1. The first-order valence-corrected chi connectivity index (χ1v) is 21.9. The number of likely N-dealkylation sites (N-methyl/N-ethyl adjacent to an activating group) is 2. The Hall–Kier alpha value is -4.53. The van der Waals surface area contributed by atoms with E-state index >= 15 is 4.79 Å². The number of fused-ring (bicyclic) bond motifs is 5. The lowest BCUT2D eigenvalue weighted by atomic mass is 9.78. The van der Waals surface area contributed by atoms with Crippen molar-refractivity contribution >= 4 is 55.8 Å². The second-order valence-corrected chi connectivity index (χ2v) is 19.1. The molecular formula is C42H55N5O9S. The van der Waals surface area contributed by atoms with Crippen molar-refractivity contribution in [2.75, 3.05) is 45.7 Å². The second kappa shape index (κ2) is 16.0. The predicted molar refractivity (Wildman–Crippen MR) is 213 cm³/mol. The molecule has 0 radical (unpaired) electrons. The molecule has 3 aliphatic heterocycles. The Kier molecular flexibility index (Phi) is 11.4. The van der Waals surface area contributed by atoms with Crippen molar-refractivity contribution in [1.82, 2.24) is 19.5 Å². The van der Waals surface area contributed by atoms with Gasteiger partial charge in [-0.05, 0) is 74.5 Å². The van der Waals surface area contributed by atoms with Crippen LogP contribution in [0.1, 0.15) is 78.1 Å². The van der Waals surface area contributed by atoms with Crippen LogP contribution in [-0.4, -0.2) is 111 Å². The number of nitrogens with one attached hydrogen (secondary N) is 1. The van der Waals surface area contributed by atoms with Crippen LogP contribution >= 0.6 is 0 Å². The molecule has 15 heteroatoms. The Morgan fingerprint density at radius 1 is 1.09 bits per heavy atom. The maximum absolute atomic E-state index is 15.0. The number of hydrogen-bond acceptors (Lipinski definition) is 11. The van der Waals surface area contributed by atoms with E-state index in [0.29, 0.717) is 56.4 Å². The van der Waals surface area contributed by atoms with Crippen LogP contribution in [0.4, 0.5) is 5.69 Å². The Balaban J connectivity index is 1.24. The summed E-state index contributed by atoms with van der Waals surface area (Å²) >= 11 is 0. The van der Waals surface area contributed by atoms with Crippen molar-refractivity contribution < 1.29 is 41.9 Å². The van der Waals surface area contributed by atoms with Crippen LogP contribution in [0.15, 0.2) is 36.5 Å². The highest BCUT2D eigenvalue weighted by molar-refractivity contribution is 7.90. The molecule has 1 N–H and O–H groups in total. The first-order valence-electron chi connectivity index (χ1n) is 20.4. The molecule has 0 bridgehead atoms. The monoisotopic (exact) mass is 805 g/mol. The van der Waals surface area contributed by atoms with Gasteiger partial charge in [-0.2, -0.15) is 0 Å². The van der Waals surface area contributed by atoms with Crippen LogP contribution in [-0.2, 0) is 34.0 Å². The van der Waals surface area contributed by atoms with E-state index in [1.165, 1.54) is 23.9 Å². The van der Waals surface area contributed by atoms with Crippen molar-refractivity contribution in [2.24, 2.45) is 29.1 Å². The number of carbonyl (C=O) groups excluding carboxylic acids is 5. The zero-order valence-electron chi connectivity index (χ0n) is 33.6. The van der Waals surface area contributed by atoms with Gasteiger partial charge in [0.2, 0.25) is 33.5 Å². The Labute approximate surface area is 334 Å². The van der Waals surface area contributed by atoms with Gasteiger partial charge < -0.3 is 24.2 Å². The minimum Gasteiger partial charge on any atom is -0.489 e. The number of anilines is 1. The van der Waals surface area contributed by atoms with E-state index in [9.17, 15) is 27.6 Å². The molecule has 308 valence electrons. The quantitative estimate of drug-likeness (QED) is 0.286. The maximum atomic E-state index is 15.0. The van der Waals surface area contributed by atoms with Gasteiger partial charge >= 0.3 is 0 Å². The molecule has 4 heterocycles. The fourth-order valence-corrected chi connectivity index (χ4v) is 10.5. The number of pyridine rings is 1. The van der Waals surface area contributed by atoms with Crippen LogP contribution in [0, 0.1) is 29.1 Å². The topological polar surface area (TPSA) is 173 Å². The molecule has 7 rings (SSSR count). The van der Waals surface area contributed by atoms with E-state index in [0.717, 1.165) is 29.8 Å². The average molecular weight is 806 g/mol. The molecule has 14 nitrogen and oxygen atoms in total. The number of rotatable bonds is 9. The van der Waals surface area contributed by atoms with Crippen LogP contribution in [0.3, 0.4) is 0 Å². The van der Waals surface area contributed by atoms with Gasteiger partial charge in [0.05, 0.1) is 35.5 Å². The molecule has 7 atom stereocenters. The van der Waals surface area contributed by atoms with E-state index in [2.05, 4.69) is 21.5 Å². The smallest absolute Gasteiger partial charge is 0.289 e. The Bertz CT molecular complexity index is 2080. The largest absolute Gasteiger partial charge is 0.489 e. The van der Waals surface area contributed by atoms with Crippen LogP contribution in [0.2, 0.25) is 0 Å². The first-order chi connectivity index (χ1) is 27.1. The van der Waals surface area contributed by atoms with E-state index < -0.39 is 62.3 Å². The van der Waals surface area contributed by atoms with Crippen molar-refractivity contribution in [3.8, 4) is 11.6 Å². The first kappa shape index (κ1) is 40.7. The van der Waals surface area contributed by atoms with Crippen LogP contribution < -0.4 is 19.1 Å². The molecular weight excluding hydrogens is 751 g/mol. The number of allylic oxidation sites excluding steroid dienone is 2. The van der Waals surface area contributed by atoms with Gasteiger partial charge in [-0.25, -0.2) is 13.4 Å². The normalized spacial score (nSPS) is 29.8. The molecule has 2 aromatic rings. The number of ketones is 2. The van der Waals surface area contributed by atoms with Crippen LogP contribution in [0.5, 0.6) is 11.6 Å². The van der Waals surface area contributed by atoms with E-state index in [-0.39, 0.29) is 49.3 Å². The van der Waals surface area contributed by atoms with Crippen molar-refractivity contribution in [3.05, 3.63) is 36.5 Å². The highest BCUT2D eigenvalue weighted by Crippen LogP contribution is 2.57. The van der Waals surface area contributed by atoms with Gasteiger partial charge in [0, 0.05) is 63.3 Å². The van der Waals surface area contributed by atoms with E-state index in [1.54, 1.807) is 6.20 Å². The third kappa shape index (κ3) is 8.26. The molecule has 0 spiro atoms. The molecule has 1 aromatic heterocycles. The van der Waals surface area contributed by atoms with Gasteiger partial charge in [0.1, 0.15) is 12.7 Å². The number of amides is 3. The minimum absolute atomic E-state index is 0.00831. The molecule has 2 aliphatic carbocycles. The van der Waals surface area contributed by atoms with Gasteiger partial charge in [0.25, 0.3) is 5.91 Å². The Morgan fingerprint density at radius 3 is 2.58 bits per heavy atom. The second-order valence-electron chi connectivity index (χ2n) is 17.1. The summed E-state index contributed by atoms with van der Waals surface area (Å²) in [4.78, 5) is 79.3. The summed E-state index contributed by atoms with van der Waals surface area (Å²) < 4.78 is 40.9. The average Bonchev–Trinajstić information content (AvgIpc) is 4.11. The number of hydrogen-bond donors (Lipinski definition) is 1. The zero-order chi connectivity index (χ0) is 40.8. The summed E-state index contributed by atoms with van der Waals surface area (Å²) in [5, 5.41) is 0.909. The van der Waals surface area contributed by atoms with E-state index in [1.807, 2.05) is 44.3 Å². The molecule has 5 aliphatic rings. The summed E-state index contributed by atoms with van der Waals surface area (Å²) in [6.45, 7) is 5.35. The van der Waals surface area contributed by atoms with Crippen molar-refractivity contribution in [1.29, 1.82) is 0 Å². The van der Waals surface area contributed by atoms with Gasteiger partial charge in [-0.3, -0.25) is 28.7 Å². The number of Topliss-reactive ketones (excluding diaryl/α,β-unsaturated/α-hetero) is 2. The number of carbonyl (C=O) groups is 5. The summed E-state index contributed by atoms with van der Waals surface area (Å²) in [5.41, 5.74) is -0.337. The van der Waals surface area contributed by atoms with Crippen molar-refractivity contribution in [2.45, 2.75) is 95.5 Å². The number of benzene rings is 1. The minimum atomic E-state index is -3.88. The molecule has 3 fully saturated rings. The number of ether oxygens (including phenoxy) is 2. The third-order valence-corrected chi connectivity index (χ3v) is 14.6. The van der Waals surface area contributed by atoms with Gasteiger partial charge in [0.15, 0.2) is 11.5 Å². The Morgan fingerprint density at radius 2 is 1.86 bits per heavy atom. The highest BCUT2D eigenvalue weighted by atomic mass is 32.2. The maximum Gasteiger partial charge on any atom is 0.289 e. The molecule has 1 saturated heterocycles. The summed E-state index contributed by atoms with van der Waals surface area (Å²) in [6.07, 6.45) is 8.36. The fourth-order valence-electron chi connectivity index (χ4n) is 9.08. The highest BCUT2D eigenvalue weighted by Gasteiger charge is 2.61. The molecule has 1 aromatic carbocycles. The van der Waals surface area contributed by atoms with Crippen molar-refractivity contribution in [3.63, 3.8) is 0 Å². The van der Waals surface area contributed by atoms with E-state index in [4.69, 9.17) is 9.47 Å². The van der Waals surface area contributed by atoms with Gasteiger partial charge in [-0.15, -0.1) is 0 Å². The number of sulfonamides is 1. The molecule has 0 unspecified atom stereocenters. The lowest BCUT2D eigenvalue weighted by Crippen LogP contribution is -2.48. The third-order valence-electron chi connectivity index (χ3n) is 12.8. The molecule has 57 heavy (non-hydrogen) atoms. The summed E-state index contributed by atoms with van der Waals surface area (Å²) in [6, 6.07) is 4.71. The SMILES string of the molecule is CC[C@@H]1C[C@@H](C)CC/C=C\[C@@H]2C[C@@]2(C(=O)NS(=O)(=O)C2CC2)CC(=O)[C@@H]2C[C@@H](Oc3nccc4c5c(ccc34)N(C)CCO5)CN2C(=O)[C@H]1CC(=O)C(=O)N(C)C. The molecule has 2 saturated carbocycles. The molecule has 3 amide bonds. The lowest BCUT2D eigenvalue weighted by Gasteiger charge is -2.33. The predicted octanol–water partition coefficient (Wildman–Crippen LogP) is 4.05. The lowest BCUT2D eigenvalue weighted by molar-refractivity contribution is -0.148. The zero-order valence-corrected chi connectivity index (χ0v) is 34.4. The fraction of sp³-hybridized carbons (Fsp3) is 0.619. The van der Waals surface area contributed by atoms with Crippen LogP contribution in [0.25, 0.3) is 10.8 Å². The van der Waals surface area contributed by atoms with Gasteiger partial charge in [-0.1, -0.05) is 32.4 Å². The summed E-state index contributed by atoms with van der Waals surface area (Å²) in [5.74, 6) is -3.13. The standard InChI is InChI=1S/C42H55N5O9S/c1-6-26-19-25(2)9-7-8-10-27-22-42(27,41(52)44-57(53,54)29-11-12-29)23-36(49)34-20-28(24-47(34)39(50)32(26)21-35(48)40(51)45(3)4)56-38-31-13-14-33-37(30(31)15-16-43-38)55-18-17-46(33)5/h8,10,13-16,25-29,32,34H,6-7,9,11-12,17-24H2,1-5H3,(H,44,52)/b10-8-/t25-,26+,27+,28+,32-,34-,42+/m0/s1. The summed E-state index contributed by atoms with van der Waals surface area (Å²) in [7, 11) is 1.12. The number of nitrogens with zero attached hydrogens (tertiary/aromatic N) is 4.